The van der Waals surface area contributed by atoms with Crippen LogP contribution in [-0.2, 0) is 9.59 Å². The van der Waals surface area contributed by atoms with Crippen LogP contribution in [0.5, 0.6) is 0 Å². The molecule has 1 aliphatic rings. The van der Waals surface area contributed by atoms with Gasteiger partial charge in [0.05, 0.1) is 0 Å². The van der Waals surface area contributed by atoms with Crippen molar-refractivity contribution >= 4 is 28.3 Å². The van der Waals surface area contributed by atoms with Gasteiger partial charge < -0.3 is 15.9 Å². The molecule has 1 aliphatic heterocycles. The number of carbonyl (C=O) groups is 2. The maximum absolute atomic E-state index is 9.55. The monoisotopic (exact) mass is 396 g/mol. The quantitative estimate of drug-likeness (QED) is 0.490. The van der Waals surface area contributed by atoms with Crippen molar-refractivity contribution in [2.24, 2.45) is 5.73 Å². The van der Waals surface area contributed by atoms with Crippen LogP contribution in [0.1, 0.15) is 24.8 Å². The van der Waals surface area contributed by atoms with Crippen molar-refractivity contribution in [3.05, 3.63) is 66.3 Å². The molecular formula is C23H28N2O4. The van der Waals surface area contributed by atoms with E-state index in [-0.39, 0.29) is 0 Å². The number of carboxylic acid groups (broad SMARTS) is 2. The second kappa shape index (κ2) is 11.8. The van der Waals surface area contributed by atoms with E-state index in [2.05, 4.69) is 53.4 Å². The molecule has 6 nitrogen and oxygen atoms in total. The van der Waals surface area contributed by atoms with Crippen LogP contribution in [0.15, 0.2) is 60.7 Å². The van der Waals surface area contributed by atoms with Gasteiger partial charge in [0.15, 0.2) is 0 Å². The number of rotatable bonds is 7. The van der Waals surface area contributed by atoms with Crippen LogP contribution >= 0.6 is 0 Å². The lowest BCUT2D eigenvalue weighted by atomic mass is 9.94. The maximum Gasteiger partial charge on any atom is 0.328 e. The molecule has 0 unspecified atom stereocenters. The third-order valence-corrected chi connectivity index (χ3v) is 4.73. The minimum atomic E-state index is -1.26. The average Bonchev–Trinajstić information content (AvgIpc) is 2.73. The van der Waals surface area contributed by atoms with E-state index in [1.807, 2.05) is 0 Å². The van der Waals surface area contributed by atoms with Gasteiger partial charge in [0, 0.05) is 25.2 Å². The van der Waals surface area contributed by atoms with Gasteiger partial charge in [-0.1, -0.05) is 48.5 Å². The fourth-order valence-electron chi connectivity index (χ4n) is 3.29. The highest BCUT2D eigenvalue weighted by Crippen LogP contribution is 2.29. The van der Waals surface area contributed by atoms with Gasteiger partial charge in [-0.25, -0.2) is 9.59 Å². The molecule has 3 rings (SSSR count). The zero-order chi connectivity index (χ0) is 21.1. The van der Waals surface area contributed by atoms with E-state index in [9.17, 15) is 9.59 Å². The summed E-state index contributed by atoms with van der Waals surface area (Å²) in [5.41, 5.74) is 8.48. The Morgan fingerprint density at radius 3 is 2.31 bits per heavy atom. The van der Waals surface area contributed by atoms with Crippen molar-refractivity contribution in [1.82, 2.24) is 4.90 Å². The highest BCUT2D eigenvalue weighted by molar-refractivity contribution is 5.94. The van der Waals surface area contributed by atoms with E-state index in [0.717, 1.165) is 25.9 Å². The van der Waals surface area contributed by atoms with Crippen molar-refractivity contribution < 1.29 is 19.8 Å². The first-order chi connectivity index (χ1) is 14.0. The van der Waals surface area contributed by atoms with E-state index in [0.29, 0.717) is 12.2 Å². The van der Waals surface area contributed by atoms with Gasteiger partial charge in [0.2, 0.25) is 0 Å². The Balaban J connectivity index is 0.000000321. The average molecular weight is 396 g/mol. The Morgan fingerprint density at radius 1 is 1.00 bits per heavy atom. The second-order valence-corrected chi connectivity index (χ2v) is 6.81. The fourth-order valence-corrected chi connectivity index (χ4v) is 3.29. The summed E-state index contributed by atoms with van der Waals surface area (Å²) >= 11 is 0. The zero-order valence-electron chi connectivity index (χ0n) is 16.5. The molecule has 2 aromatic rings. The van der Waals surface area contributed by atoms with Crippen LogP contribution in [0.25, 0.3) is 16.3 Å². The molecule has 154 valence electrons. The molecule has 0 atom stereocenters. The first-order valence-electron chi connectivity index (χ1n) is 9.74. The van der Waals surface area contributed by atoms with Crippen molar-refractivity contribution in [2.45, 2.75) is 19.3 Å². The SMILES string of the molecule is NCCCCN1CC=C(c2cccc3ccccc23)CC1.O=C(O)C=CC(=O)O. The Bertz CT molecular complexity index is 868. The summed E-state index contributed by atoms with van der Waals surface area (Å²) in [6.07, 6.45) is 7.03. The lowest BCUT2D eigenvalue weighted by Crippen LogP contribution is -2.29. The molecule has 1 heterocycles. The molecule has 6 heteroatoms. The summed E-state index contributed by atoms with van der Waals surface area (Å²) < 4.78 is 0. The summed E-state index contributed by atoms with van der Waals surface area (Å²) in [5, 5.41) is 18.3. The molecule has 29 heavy (non-hydrogen) atoms. The molecule has 2 aromatic carbocycles. The van der Waals surface area contributed by atoms with Crippen molar-refractivity contribution in [1.29, 1.82) is 0 Å². The fraction of sp³-hybridized carbons (Fsp3) is 0.304. The summed E-state index contributed by atoms with van der Waals surface area (Å²) in [4.78, 5) is 21.6. The smallest absolute Gasteiger partial charge is 0.328 e. The zero-order valence-corrected chi connectivity index (χ0v) is 16.5. The van der Waals surface area contributed by atoms with Crippen LogP contribution in [0, 0.1) is 0 Å². The predicted octanol–water partition coefficient (Wildman–Crippen LogP) is 3.38. The van der Waals surface area contributed by atoms with Crippen LogP contribution in [0.4, 0.5) is 0 Å². The van der Waals surface area contributed by atoms with Gasteiger partial charge in [0.1, 0.15) is 0 Å². The Morgan fingerprint density at radius 2 is 1.69 bits per heavy atom. The Hall–Kier alpha value is -2.96. The third-order valence-electron chi connectivity index (χ3n) is 4.73. The van der Waals surface area contributed by atoms with Crippen LogP contribution in [0.2, 0.25) is 0 Å². The van der Waals surface area contributed by atoms with E-state index in [1.54, 1.807) is 0 Å². The number of carboxylic acids is 2. The molecule has 0 amide bonds. The first kappa shape index (κ1) is 22.3. The standard InChI is InChI=1S/C19H24N2.C4H4O4/c20-12-3-4-13-21-14-10-17(11-15-21)19-9-5-7-16-6-1-2-8-18(16)19;5-3(6)1-2-4(7)8/h1-2,5-10H,3-4,11-15,20H2;1-2H,(H,5,6)(H,7,8). The highest BCUT2D eigenvalue weighted by Gasteiger charge is 2.13. The largest absolute Gasteiger partial charge is 0.478 e. The van der Waals surface area contributed by atoms with Gasteiger partial charge in [-0.15, -0.1) is 0 Å². The normalized spacial score (nSPS) is 14.3. The van der Waals surface area contributed by atoms with Gasteiger partial charge in [0.25, 0.3) is 0 Å². The van der Waals surface area contributed by atoms with Crippen molar-refractivity contribution in [3.8, 4) is 0 Å². The van der Waals surface area contributed by atoms with Gasteiger partial charge >= 0.3 is 11.9 Å². The molecule has 0 fully saturated rings. The molecule has 4 N–H and O–H groups in total. The number of nitrogens with zero attached hydrogens (tertiary/aromatic N) is 1. The predicted molar refractivity (Wildman–Crippen MR) is 116 cm³/mol. The molecule has 0 bridgehead atoms. The van der Waals surface area contributed by atoms with Crippen LogP contribution in [0.3, 0.4) is 0 Å². The molecule has 0 saturated heterocycles. The number of benzene rings is 2. The van der Waals surface area contributed by atoms with E-state index in [4.69, 9.17) is 15.9 Å². The highest BCUT2D eigenvalue weighted by atomic mass is 16.4. The topological polar surface area (TPSA) is 104 Å². The maximum atomic E-state index is 9.55. The van der Waals surface area contributed by atoms with Crippen LogP contribution < -0.4 is 5.73 Å². The Kier molecular flexibility index (Phi) is 9.08. The molecule has 0 spiro atoms. The van der Waals surface area contributed by atoms with Crippen LogP contribution in [-0.4, -0.2) is 53.2 Å². The lowest BCUT2D eigenvalue weighted by Gasteiger charge is -2.26. The summed E-state index contributed by atoms with van der Waals surface area (Å²) in [6.45, 7) is 4.23. The first-order valence-corrected chi connectivity index (χ1v) is 9.74. The molecule has 0 aromatic heterocycles. The second-order valence-electron chi connectivity index (χ2n) is 6.81. The van der Waals surface area contributed by atoms with E-state index < -0.39 is 11.9 Å². The number of fused-ring (bicyclic) bond motifs is 1. The number of aliphatic carboxylic acids is 2. The van der Waals surface area contributed by atoms with E-state index in [1.165, 1.54) is 41.4 Å². The minimum absolute atomic E-state index is 0.558. The Labute approximate surface area is 170 Å². The van der Waals surface area contributed by atoms with Gasteiger partial charge in [-0.3, -0.25) is 4.90 Å². The third kappa shape index (κ3) is 7.52. The minimum Gasteiger partial charge on any atom is -0.478 e. The number of nitrogens with two attached hydrogens (primary N) is 1. The molecule has 0 saturated carbocycles. The number of hydrogen-bond acceptors (Lipinski definition) is 4. The number of hydrogen-bond donors (Lipinski definition) is 3. The van der Waals surface area contributed by atoms with Gasteiger partial charge in [-0.2, -0.15) is 0 Å². The van der Waals surface area contributed by atoms with Crippen molar-refractivity contribution in [3.63, 3.8) is 0 Å². The van der Waals surface area contributed by atoms with Crippen molar-refractivity contribution in [2.75, 3.05) is 26.2 Å². The molecular weight excluding hydrogens is 368 g/mol. The van der Waals surface area contributed by atoms with E-state index >= 15 is 0 Å². The summed E-state index contributed by atoms with van der Waals surface area (Å²) in [5.74, 6) is -2.51. The lowest BCUT2D eigenvalue weighted by molar-refractivity contribution is -0.134. The molecule has 0 radical (unpaired) electrons. The number of unbranched alkanes of at least 4 members (excludes halogenated alkanes) is 1. The summed E-state index contributed by atoms with van der Waals surface area (Å²) in [7, 11) is 0. The van der Waals surface area contributed by atoms with Gasteiger partial charge in [-0.05, 0) is 54.3 Å². The molecule has 0 aliphatic carbocycles. The summed E-state index contributed by atoms with van der Waals surface area (Å²) in [6, 6.07) is 15.3.